The van der Waals surface area contributed by atoms with Gasteiger partial charge in [-0.05, 0) is 113 Å². The summed E-state index contributed by atoms with van der Waals surface area (Å²) in [7, 11) is 0. The first-order valence-corrected chi connectivity index (χ1v) is 13.9. The van der Waals surface area contributed by atoms with Gasteiger partial charge >= 0.3 is 0 Å². The van der Waals surface area contributed by atoms with E-state index in [1.54, 1.807) is 36.4 Å². The van der Waals surface area contributed by atoms with Crippen molar-refractivity contribution in [1.82, 2.24) is 0 Å². The fourth-order valence-electron chi connectivity index (χ4n) is 5.88. The van der Waals surface area contributed by atoms with Crippen LogP contribution in [0.1, 0.15) is 79.5 Å². The molecule has 0 aliphatic carbocycles. The van der Waals surface area contributed by atoms with Gasteiger partial charge in [0.2, 0.25) is 0 Å². The van der Waals surface area contributed by atoms with Crippen molar-refractivity contribution in [3.05, 3.63) is 95.1 Å². The molecule has 8 N–H and O–H groups in total. The van der Waals surface area contributed by atoms with Gasteiger partial charge in [0.25, 0.3) is 0 Å². The zero-order valence-corrected chi connectivity index (χ0v) is 23.8. The molecule has 4 aromatic carbocycles. The second-order valence-electron chi connectivity index (χ2n) is 11.4. The highest BCUT2D eigenvalue weighted by molar-refractivity contribution is 5.47. The average Bonchev–Trinajstić information content (AvgIpc) is 2.95. The van der Waals surface area contributed by atoms with E-state index in [1.807, 2.05) is 13.8 Å². The van der Waals surface area contributed by atoms with Gasteiger partial charge in [-0.25, -0.2) is 0 Å². The molecule has 8 heteroatoms. The van der Waals surface area contributed by atoms with Crippen molar-refractivity contribution in [3.63, 3.8) is 0 Å². The highest BCUT2D eigenvalue weighted by atomic mass is 16.3. The van der Waals surface area contributed by atoms with Crippen LogP contribution in [-0.4, -0.2) is 40.9 Å². The molecule has 0 aliphatic heterocycles. The second-order valence-corrected chi connectivity index (χ2v) is 11.4. The van der Waals surface area contributed by atoms with Crippen molar-refractivity contribution in [2.45, 2.75) is 57.3 Å². The summed E-state index contributed by atoms with van der Waals surface area (Å²) < 4.78 is 0. The van der Waals surface area contributed by atoms with Crippen LogP contribution in [0, 0.1) is 5.92 Å². The van der Waals surface area contributed by atoms with Gasteiger partial charge in [-0.2, -0.15) is 0 Å². The average molecular weight is 575 g/mol. The van der Waals surface area contributed by atoms with Crippen LogP contribution in [0.2, 0.25) is 0 Å². The molecule has 0 saturated heterocycles. The first kappa shape index (κ1) is 30.2. The summed E-state index contributed by atoms with van der Waals surface area (Å²) >= 11 is 0. The summed E-state index contributed by atoms with van der Waals surface area (Å²) in [5.74, 6) is -2.33. The van der Waals surface area contributed by atoms with Gasteiger partial charge in [-0.15, -0.1) is 0 Å². The second kappa shape index (κ2) is 12.4. The van der Waals surface area contributed by atoms with Gasteiger partial charge in [0, 0.05) is 0 Å². The van der Waals surface area contributed by atoms with E-state index in [9.17, 15) is 40.9 Å². The fraction of sp³-hybridized carbons (Fsp3) is 0.294. The summed E-state index contributed by atoms with van der Waals surface area (Å²) in [6.07, 6.45) is 1.28. The standard InChI is InChI=1S/C34H38O8/c1-18(12-25(23-6-10-29(37)33(41)16-23)19(2)21-4-8-27(35)31(39)14-21)13-26(24-7-11-30(38)34(42)17-24)20(3)22-5-9-28(36)32(40)15-22/h4-11,14-20,25-26,35-42H,12-13H2,1-3H3. The maximum Gasteiger partial charge on any atom is 0.157 e. The third-order valence-electron chi connectivity index (χ3n) is 8.43. The molecular weight excluding hydrogens is 536 g/mol. The molecule has 0 heterocycles. The van der Waals surface area contributed by atoms with Gasteiger partial charge in [-0.3, -0.25) is 0 Å². The molecule has 4 aromatic rings. The predicted octanol–water partition coefficient (Wildman–Crippen LogP) is 7.22. The van der Waals surface area contributed by atoms with E-state index in [0.29, 0.717) is 12.8 Å². The normalized spacial score (nSPS) is 15.0. The Kier molecular flexibility index (Phi) is 8.95. The minimum Gasteiger partial charge on any atom is -0.504 e. The summed E-state index contributed by atoms with van der Waals surface area (Å²) in [5.41, 5.74) is 3.19. The largest absolute Gasteiger partial charge is 0.504 e. The number of rotatable bonds is 10. The molecule has 0 aromatic heterocycles. The van der Waals surface area contributed by atoms with E-state index < -0.39 is 0 Å². The quantitative estimate of drug-likeness (QED) is 0.0921. The Bertz CT molecular complexity index is 1430. The van der Waals surface area contributed by atoms with Crippen LogP contribution in [0.3, 0.4) is 0 Å². The van der Waals surface area contributed by atoms with E-state index in [4.69, 9.17) is 0 Å². The number of aromatic hydroxyl groups is 8. The summed E-state index contributed by atoms with van der Waals surface area (Å²) in [6.45, 7) is 6.11. The lowest BCUT2D eigenvalue weighted by atomic mass is 9.72. The molecule has 222 valence electrons. The Morgan fingerprint density at radius 3 is 0.929 bits per heavy atom. The molecular formula is C34H38O8. The number of benzene rings is 4. The van der Waals surface area contributed by atoms with E-state index in [-0.39, 0.29) is 75.6 Å². The van der Waals surface area contributed by atoms with Crippen LogP contribution in [0.5, 0.6) is 46.0 Å². The smallest absolute Gasteiger partial charge is 0.157 e. The number of hydrogen-bond donors (Lipinski definition) is 8. The van der Waals surface area contributed by atoms with Crippen molar-refractivity contribution in [3.8, 4) is 46.0 Å². The van der Waals surface area contributed by atoms with Crippen molar-refractivity contribution < 1.29 is 40.9 Å². The molecule has 0 fully saturated rings. The molecule has 0 radical (unpaired) electrons. The lowest BCUT2D eigenvalue weighted by Crippen LogP contribution is -2.17. The van der Waals surface area contributed by atoms with Gasteiger partial charge in [0.15, 0.2) is 46.0 Å². The molecule has 0 saturated carbocycles. The van der Waals surface area contributed by atoms with Crippen LogP contribution < -0.4 is 0 Å². The van der Waals surface area contributed by atoms with Crippen LogP contribution in [0.15, 0.2) is 72.8 Å². The molecule has 4 atom stereocenters. The van der Waals surface area contributed by atoms with Crippen molar-refractivity contribution >= 4 is 0 Å². The Hall–Kier alpha value is -4.72. The van der Waals surface area contributed by atoms with E-state index >= 15 is 0 Å². The van der Waals surface area contributed by atoms with Crippen molar-refractivity contribution in [1.29, 1.82) is 0 Å². The molecule has 0 bridgehead atoms. The van der Waals surface area contributed by atoms with Crippen molar-refractivity contribution in [2.75, 3.05) is 0 Å². The van der Waals surface area contributed by atoms with E-state index in [1.165, 1.54) is 36.4 Å². The SMILES string of the molecule is CC(CC(c1ccc(O)c(O)c1)C(C)c1ccc(O)c(O)c1)CC(c1ccc(O)c(O)c1)C(C)c1ccc(O)c(O)c1. The monoisotopic (exact) mass is 574 g/mol. The third-order valence-corrected chi connectivity index (χ3v) is 8.43. The Morgan fingerprint density at radius 2 is 0.643 bits per heavy atom. The highest BCUT2D eigenvalue weighted by Gasteiger charge is 2.29. The predicted molar refractivity (Wildman–Crippen MR) is 160 cm³/mol. The number of phenols is 8. The molecule has 4 unspecified atom stereocenters. The molecule has 0 spiro atoms. The molecule has 0 aliphatic rings. The molecule has 0 amide bonds. The summed E-state index contributed by atoms with van der Waals surface area (Å²) in [6, 6.07) is 18.9. The lowest BCUT2D eigenvalue weighted by molar-refractivity contribution is 0.357. The first-order valence-electron chi connectivity index (χ1n) is 13.9. The fourth-order valence-corrected chi connectivity index (χ4v) is 5.88. The van der Waals surface area contributed by atoms with Gasteiger partial charge in [0.05, 0.1) is 0 Å². The topological polar surface area (TPSA) is 162 Å². The zero-order valence-electron chi connectivity index (χ0n) is 23.8. The Labute approximate surface area is 245 Å². The first-order chi connectivity index (χ1) is 19.8. The third kappa shape index (κ3) is 6.60. The van der Waals surface area contributed by atoms with Gasteiger partial charge < -0.3 is 40.9 Å². The van der Waals surface area contributed by atoms with E-state index in [0.717, 1.165) is 22.3 Å². The lowest BCUT2D eigenvalue weighted by Gasteiger charge is -2.32. The minimum absolute atomic E-state index is 0.0632. The van der Waals surface area contributed by atoms with Crippen LogP contribution in [-0.2, 0) is 0 Å². The maximum absolute atomic E-state index is 10.3. The molecule has 8 nitrogen and oxygen atoms in total. The minimum atomic E-state index is -0.232. The van der Waals surface area contributed by atoms with E-state index in [2.05, 4.69) is 6.92 Å². The van der Waals surface area contributed by atoms with Crippen LogP contribution >= 0.6 is 0 Å². The summed E-state index contributed by atoms with van der Waals surface area (Å²) in [4.78, 5) is 0. The number of phenolic OH excluding ortho intramolecular Hbond substituents is 8. The maximum atomic E-state index is 10.3. The van der Waals surface area contributed by atoms with Crippen molar-refractivity contribution in [2.24, 2.45) is 5.92 Å². The van der Waals surface area contributed by atoms with Crippen LogP contribution in [0.4, 0.5) is 0 Å². The number of hydrogen-bond acceptors (Lipinski definition) is 8. The Morgan fingerprint density at radius 1 is 0.381 bits per heavy atom. The molecule has 42 heavy (non-hydrogen) atoms. The van der Waals surface area contributed by atoms with Gasteiger partial charge in [-0.1, -0.05) is 45.0 Å². The molecule has 4 rings (SSSR count). The Balaban J connectivity index is 1.69. The zero-order chi connectivity index (χ0) is 30.7. The summed E-state index contributed by atoms with van der Waals surface area (Å²) in [5, 5.41) is 80.5. The van der Waals surface area contributed by atoms with Gasteiger partial charge in [0.1, 0.15) is 0 Å². The van der Waals surface area contributed by atoms with Crippen LogP contribution in [0.25, 0.3) is 0 Å². The highest BCUT2D eigenvalue weighted by Crippen LogP contribution is 2.46.